The molecule has 0 bridgehead atoms. The number of ether oxygens (including phenoxy) is 1. The van der Waals surface area contributed by atoms with Crippen LogP contribution in [0.5, 0.6) is 0 Å². The number of hydrogen-bond donors (Lipinski definition) is 0. The third kappa shape index (κ3) is 3.40. The normalized spacial score (nSPS) is 21.8. The molecular weight excluding hydrogens is 307 g/mol. The minimum Gasteiger partial charge on any atom is -0.444 e. The van der Waals surface area contributed by atoms with Crippen LogP contribution in [0.2, 0.25) is 5.02 Å². The molecule has 1 aromatic rings. The van der Waals surface area contributed by atoms with Gasteiger partial charge in [0.05, 0.1) is 12.1 Å². The Balaban J connectivity index is 2.35. The third-order valence-electron chi connectivity index (χ3n) is 3.54. The lowest BCUT2D eigenvalue weighted by atomic mass is 10.1. The van der Waals surface area contributed by atoms with Crippen molar-refractivity contribution in [3.05, 3.63) is 41.5 Å². The van der Waals surface area contributed by atoms with Gasteiger partial charge in [0.15, 0.2) is 0 Å². The maximum Gasteiger partial charge on any atom is 0.411 e. The van der Waals surface area contributed by atoms with E-state index in [1.807, 2.05) is 0 Å². The van der Waals surface area contributed by atoms with Gasteiger partial charge in [-0.25, -0.2) is 9.78 Å². The third-order valence-corrected chi connectivity index (χ3v) is 3.92. The number of carbonyl (C=O) groups excluding carboxylic acids is 1. The first-order valence-electron chi connectivity index (χ1n) is 7.18. The van der Waals surface area contributed by atoms with Crippen molar-refractivity contribution in [3.63, 3.8) is 0 Å². The van der Waals surface area contributed by atoms with Crippen LogP contribution in [-0.2, 0) is 4.74 Å². The number of hydrogen-bond acceptors (Lipinski definition) is 3. The van der Waals surface area contributed by atoms with Gasteiger partial charge in [-0.3, -0.25) is 4.90 Å². The SMILES string of the molecule is C=CC1CCC(c2ccnc(F)c2Cl)N1C(=O)OC(C)(C)C. The van der Waals surface area contributed by atoms with E-state index in [1.54, 1.807) is 37.8 Å². The topological polar surface area (TPSA) is 42.4 Å². The summed E-state index contributed by atoms with van der Waals surface area (Å²) in [5, 5.41) is -0.0502. The van der Waals surface area contributed by atoms with E-state index in [9.17, 15) is 9.18 Å². The van der Waals surface area contributed by atoms with Gasteiger partial charge in [-0.15, -0.1) is 6.58 Å². The van der Waals surface area contributed by atoms with Gasteiger partial charge in [0.2, 0.25) is 5.95 Å². The summed E-state index contributed by atoms with van der Waals surface area (Å²) in [5.74, 6) is -0.731. The van der Waals surface area contributed by atoms with Gasteiger partial charge in [0, 0.05) is 6.20 Å². The van der Waals surface area contributed by atoms with E-state index in [4.69, 9.17) is 16.3 Å². The number of halogens is 2. The van der Waals surface area contributed by atoms with E-state index in [-0.39, 0.29) is 17.1 Å². The van der Waals surface area contributed by atoms with E-state index < -0.39 is 17.6 Å². The van der Waals surface area contributed by atoms with Crippen molar-refractivity contribution >= 4 is 17.7 Å². The molecule has 1 aliphatic heterocycles. The molecular formula is C16H20ClFN2O2. The van der Waals surface area contributed by atoms with Crippen molar-refractivity contribution < 1.29 is 13.9 Å². The Kier molecular flexibility index (Phi) is 4.75. The van der Waals surface area contributed by atoms with Gasteiger partial charge < -0.3 is 4.74 Å². The molecule has 0 aliphatic carbocycles. The fourth-order valence-electron chi connectivity index (χ4n) is 2.64. The molecule has 1 aromatic heterocycles. The first-order chi connectivity index (χ1) is 10.2. The van der Waals surface area contributed by atoms with Gasteiger partial charge in [-0.1, -0.05) is 17.7 Å². The van der Waals surface area contributed by atoms with Crippen LogP contribution in [0, 0.1) is 5.95 Å². The number of nitrogens with zero attached hydrogens (tertiary/aromatic N) is 2. The average Bonchev–Trinajstić information content (AvgIpc) is 2.83. The summed E-state index contributed by atoms with van der Waals surface area (Å²) in [5.41, 5.74) is -0.0622. The Labute approximate surface area is 134 Å². The highest BCUT2D eigenvalue weighted by atomic mass is 35.5. The van der Waals surface area contributed by atoms with Gasteiger partial charge >= 0.3 is 6.09 Å². The van der Waals surface area contributed by atoms with E-state index in [0.717, 1.165) is 6.42 Å². The molecule has 1 aliphatic rings. The molecule has 2 rings (SSSR count). The molecule has 0 radical (unpaired) electrons. The number of rotatable bonds is 2. The Hall–Kier alpha value is -1.62. The Bertz CT molecular complexity index is 586. The molecule has 2 atom stereocenters. The minimum atomic E-state index is -0.731. The zero-order valence-electron chi connectivity index (χ0n) is 13.0. The highest BCUT2D eigenvalue weighted by Crippen LogP contribution is 2.40. The highest BCUT2D eigenvalue weighted by molar-refractivity contribution is 6.31. The molecule has 1 saturated heterocycles. The standard InChI is InChI=1S/C16H20ClFN2O2/c1-5-10-6-7-12(11-8-9-19-14(18)13(11)17)20(10)15(21)22-16(2,3)4/h5,8-10,12H,1,6-7H2,2-4H3. The van der Waals surface area contributed by atoms with Crippen LogP contribution in [0.1, 0.15) is 45.2 Å². The van der Waals surface area contributed by atoms with Crippen LogP contribution in [-0.4, -0.2) is 27.6 Å². The second kappa shape index (κ2) is 6.24. The van der Waals surface area contributed by atoms with E-state index in [0.29, 0.717) is 12.0 Å². The molecule has 22 heavy (non-hydrogen) atoms. The molecule has 6 heteroatoms. The smallest absolute Gasteiger partial charge is 0.411 e. The lowest BCUT2D eigenvalue weighted by Crippen LogP contribution is -2.40. The minimum absolute atomic E-state index is 0.0502. The summed E-state index contributed by atoms with van der Waals surface area (Å²) < 4.78 is 19.1. The molecule has 0 N–H and O–H groups in total. The first-order valence-corrected chi connectivity index (χ1v) is 7.56. The molecule has 2 unspecified atom stereocenters. The van der Waals surface area contributed by atoms with Gasteiger partial charge in [0.1, 0.15) is 10.6 Å². The molecule has 1 fully saturated rings. The van der Waals surface area contributed by atoms with E-state index in [1.165, 1.54) is 6.20 Å². The number of pyridine rings is 1. The molecule has 1 amide bonds. The molecule has 120 valence electrons. The van der Waals surface area contributed by atoms with Crippen molar-refractivity contribution in [1.82, 2.24) is 9.88 Å². The fourth-order valence-corrected chi connectivity index (χ4v) is 2.88. The highest BCUT2D eigenvalue weighted by Gasteiger charge is 2.39. The van der Waals surface area contributed by atoms with Crippen LogP contribution in [0.25, 0.3) is 0 Å². The average molecular weight is 327 g/mol. The number of carbonyl (C=O) groups is 1. The Morgan fingerprint density at radius 3 is 2.82 bits per heavy atom. The van der Waals surface area contributed by atoms with E-state index >= 15 is 0 Å². The van der Waals surface area contributed by atoms with Crippen LogP contribution in [0.15, 0.2) is 24.9 Å². The Morgan fingerprint density at radius 1 is 1.55 bits per heavy atom. The summed E-state index contributed by atoms with van der Waals surface area (Å²) in [4.78, 5) is 17.6. The zero-order chi connectivity index (χ0) is 16.5. The number of aromatic nitrogens is 1. The molecule has 2 heterocycles. The van der Waals surface area contributed by atoms with Crippen molar-refractivity contribution in [3.8, 4) is 0 Å². The molecule has 0 saturated carbocycles. The zero-order valence-corrected chi connectivity index (χ0v) is 13.7. The van der Waals surface area contributed by atoms with Gasteiger partial charge in [0.25, 0.3) is 0 Å². The van der Waals surface area contributed by atoms with Crippen molar-refractivity contribution in [1.29, 1.82) is 0 Å². The van der Waals surface area contributed by atoms with Crippen molar-refractivity contribution in [2.75, 3.05) is 0 Å². The van der Waals surface area contributed by atoms with Crippen LogP contribution >= 0.6 is 11.6 Å². The molecule has 0 spiro atoms. The predicted octanol–water partition coefficient (Wildman–Crippen LogP) is 4.50. The quantitative estimate of drug-likeness (QED) is 0.593. The monoisotopic (exact) mass is 326 g/mol. The van der Waals surface area contributed by atoms with E-state index in [2.05, 4.69) is 11.6 Å². The maximum absolute atomic E-state index is 13.6. The molecule has 4 nitrogen and oxygen atoms in total. The Morgan fingerprint density at radius 2 is 2.23 bits per heavy atom. The second-order valence-corrected chi connectivity index (χ2v) is 6.67. The number of likely N-dealkylation sites (tertiary alicyclic amines) is 1. The summed E-state index contributed by atoms with van der Waals surface area (Å²) in [6.07, 6.45) is 4.00. The maximum atomic E-state index is 13.6. The van der Waals surface area contributed by atoms with Crippen LogP contribution < -0.4 is 0 Å². The second-order valence-electron chi connectivity index (χ2n) is 6.29. The number of amides is 1. The first kappa shape index (κ1) is 16.7. The summed E-state index contributed by atoms with van der Waals surface area (Å²) in [6, 6.07) is 1.13. The largest absolute Gasteiger partial charge is 0.444 e. The summed E-state index contributed by atoms with van der Waals surface area (Å²) in [6.45, 7) is 9.18. The van der Waals surface area contributed by atoms with Crippen molar-refractivity contribution in [2.45, 2.75) is 51.3 Å². The van der Waals surface area contributed by atoms with Crippen LogP contribution in [0.3, 0.4) is 0 Å². The lowest BCUT2D eigenvalue weighted by Gasteiger charge is -2.32. The van der Waals surface area contributed by atoms with Crippen LogP contribution in [0.4, 0.5) is 9.18 Å². The van der Waals surface area contributed by atoms with Gasteiger partial charge in [-0.2, -0.15) is 4.39 Å². The molecule has 0 aromatic carbocycles. The fraction of sp³-hybridized carbons (Fsp3) is 0.500. The summed E-state index contributed by atoms with van der Waals surface area (Å²) in [7, 11) is 0. The van der Waals surface area contributed by atoms with Gasteiger partial charge in [-0.05, 0) is 45.2 Å². The summed E-state index contributed by atoms with van der Waals surface area (Å²) >= 11 is 6.03. The predicted molar refractivity (Wildman–Crippen MR) is 83.2 cm³/mol. The lowest BCUT2D eigenvalue weighted by molar-refractivity contribution is 0.0178. The van der Waals surface area contributed by atoms with Crippen molar-refractivity contribution in [2.24, 2.45) is 0 Å².